The van der Waals surface area contributed by atoms with Crippen molar-refractivity contribution in [2.45, 2.75) is 31.7 Å². The van der Waals surface area contributed by atoms with E-state index in [4.69, 9.17) is 11.6 Å². The van der Waals surface area contributed by atoms with E-state index in [1.807, 2.05) is 42.5 Å². The standard InChI is InChI=1S/C21H21ClN2O2/c22-16-10-11-17-18(12-16)23-19(25)13-24(21(26)15-8-4-5-9-15)20(17)14-6-2-1-3-7-14/h1-3,6-7,10-12,15,20H,4-5,8-9,13H2,(H,23,25). The van der Waals surface area contributed by atoms with Gasteiger partial charge in [0.05, 0.1) is 6.04 Å². The minimum Gasteiger partial charge on any atom is -0.324 e. The number of hydrogen-bond donors (Lipinski definition) is 1. The van der Waals surface area contributed by atoms with Crippen molar-refractivity contribution in [3.8, 4) is 0 Å². The fraction of sp³-hybridized carbons (Fsp3) is 0.333. The lowest BCUT2D eigenvalue weighted by atomic mass is 9.94. The van der Waals surface area contributed by atoms with Gasteiger partial charge in [-0.15, -0.1) is 0 Å². The van der Waals surface area contributed by atoms with Crippen LogP contribution in [0.15, 0.2) is 48.5 Å². The van der Waals surface area contributed by atoms with E-state index in [9.17, 15) is 9.59 Å². The third-order valence-electron chi connectivity index (χ3n) is 5.31. The average Bonchev–Trinajstić information content (AvgIpc) is 3.13. The molecule has 0 spiro atoms. The quantitative estimate of drug-likeness (QED) is 0.854. The third-order valence-corrected chi connectivity index (χ3v) is 5.55. The van der Waals surface area contributed by atoms with Gasteiger partial charge in [-0.25, -0.2) is 0 Å². The molecule has 0 aromatic heterocycles. The van der Waals surface area contributed by atoms with Gasteiger partial charge in [0.2, 0.25) is 11.8 Å². The molecule has 2 amide bonds. The van der Waals surface area contributed by atoms with E-state index in [2.05, 4.69) is 5.32 Å². The highest BCUT2D eigenvalue weighted by Gasteiger charge is 2.37. The first-order valence-corrected chi connectivity index (χ1v) is 9.46. The van der Waals surface area contributed by atoms with Crippen LogP contribution in [0.3, 0.4) is 0 Å². The lowest BCUT2D eigenvalue weighted by molar-refractivity contribution is -0.139. The van der Waals surface area contributed by atoms with Gasteiger partial charge in [-0.2, -0.15) is 0 Å². The molecule has 1 unspecified atom stereocenters. The van der Waals surface area contributed by atoms with Crippen LogP contribution in [0.2, 0.25) is 5.02 Å². The molecule has 1 saturated carbocycles. The van der Waals surface area contributed by atoms with Crippen LogP contribution in [0.25, 0.3) is 0 Å². The zero-order valence-corrected chi connectivity index (χ0v) is 15.2. The second-order valence-electron chi connectivity index (χ2n) is 7.04. The summed E-state index contributed by atoms with van der Waals surface area (Å²) >= 11 is 6.14. The first-order valence-electron chi connectivity index (χ1n) is 9.08. The molecule has 1 atom stereocenters. The minimum absolute atomic E-state index is 0.0165. The molecule has 1 aliphatic carbocycles. The number of hydrogen-bond acceptors (Lipinski definition) is 2. The molecule has 4 nitrogen and oxygen atoms in total. The van der Waals surface area contributed by atoms with Gasteiger partial charge in [0.25, 0.3) is 0 Å². The second-order valence-corrected chi connectivity index (χ2v) is 7.48. The Morgan fingerprint density at radius 3 is 2.54 bits per heavy atom. The molecule has 1 fully saturated rings. The fourth-order valence-corrected chi connectivity index (χ4v) is 4.26. The average molecular weight is 369 g/mol. The molecule has 2 aromatic carbocycles. The summed E-state index contributed by atoms with van der Waals surface area (Å²) in [6.07, 6.45) is 3.98. The molecular formula is C21H21ClN2O2. The van der Waals surface area contributed by atoms with Crippen molar-refractivity contribution in [1.82, 2.24) is 4.90 Å². The van der Waals surface area contributed by atoms with Gasteiger partial charge < -0.3 is 10.2 Å². The van der Waals surface area contributed by atoms with Crippen molar-refractivity contribution in [2.75, 3.05) is 11.9 Å². The van der Waals surface area contributed by atoms with Crippen molar-refractivity contribution in [3.05, 3.63) is 64.7 Å². The van der Waals surface area contributed by atoms with Gasteiger partial charge in [-0.1, -0.05) is 60.8 Å². The second kappa shape index (κ2) is 7.12. The molecule has 2 aromatic rings. The normalized spacial score (nSPS) is 20.4. The first kappa shape index (κ1) is 17.1. The predicted molar refractivity (Wildman–Crippen MR) is 102 cm³/mol. The number of rotatable bonds is 2. The minimum atomic E-state index is -0.296. The van der Waals surface area contributed by atoms with Crippen LogP contribution < -0.4 is 5.32 Å². The summed E-state index contributed by atoms with van der Waals surface area (Å²) in [6.45, 7) is 0.0567. The summed E-state index contributed by atoms with van der Waals surface area (Å²) in [7, 11) is 0. The summed E-state index contributed by atoms with van der Waals surface area (Å²) in [5.74, 6) is -0.0875. The van der Waals surface area contributed by atoms with Gasteiger partial charge >= 0.3 is 0 Å². The van der Waals surface area contributed by atoms with Crippen LogP contribution in [0.5, 0.6) is 0 Å². The molecule has 1 heterocycles. The van der Waals surface area contributed by atoms with Crippen molar-refractivity contribution >= 4 is 29.1 Å². The van der Waals surface area contributed by atoms with Gasteiger partial charge in [-0.3, -0.25) is 9.59 Å². The smallest absolute Gasteiger partial charge is 0.244 e. The highest BCUT2D eigenvalue weighted by atomic mass is 35.5. The topological polar surface area (TPSA) is 49.4 Å². The summed E-state index contributed by atoms with van der Waals surface area (Å²) in [6, 6.07) is 15.1. The molecule has 26 heavy (non-hydrogen) atoms. The van der Waals surface area contributed by atoms with E-state index in [0.717, 1.165) is 36.8 Å². The first-order chi connectivity index (χ1) is 12.6. The maximum atomic E-state index is 13.3. The summed E-state index contributed by atoms with van der Waals surface area (Å²) < 4.78 is 0. The number of fused-ring (bicyclic) bond motifs is 1. The number of amides is 2. The van der Waals surface area contributed by atoms with Crippen LogP contribution in [0.1, 0.15) is 42.9 Å². The van der Waals surface area contributed by atoms with E-state index < -0.39 is 0 Å². The molecule has 4 rings (SSSR count). The van der Waals surface area contributed by atoms with Crippen LogP contribution in [0.4, 0.5) is 5.69 Å². The Morgan fingerprint density at radius 1 is 1.08 bits per heavy atom. The van der Waals surface area contributed by atoms with E-state index in [1.54, 1.807) is 11.0 Å². The number of anilines is 1. The number of carbonyl (C=O) groups is 2. The maximum Gasteiger partial charge on any atom is 0.244 e. The molecule has 2 aliphatic rings. The maximum absolute atomic E-state index is 13.3. The molecule has 0 bridgehead atoms. The van der Waals surface area contributed by atoms with Crippen molar-refractivity contribution in [1.29, 1.82) is 0 Å². The predicted octanol–water partition coefficient (Wildman–Crippen LogP) is 4.40. The van der Waals surface area contributed by atoms with Gasteiger partial charge in [-0.05, 0) is 30.5 Å². The third kappa shape index (κ3) is 3.21. The molecule has 1 aliphatic heterocycles. The zero-order chi connectivity index (χ0) is 18.1. The monoisotopic (exact) mass is 368 g/mol. The van der Waals surface area contributed by atoms with Crippen molar-refractivity contribution in [3.63, 3.8) is 0 Å². The van der Waals surface area contributed by atoms with E-state index in [0.29, 0.717) is 10.7 Å². The lowest BCUT2D eigenvalue weighted by Gasteiger charge is -2.32. The van der Waals surface area contributed by atoms with E-state index in [1.165, 1.54) is 0 Å². The Labute approximate surface area is 158 Å². The largest absolute Gasteiger partial charge is 0.324 e. The molecule has 5 heteroatoms. The summed E-state index contributed by atoms with van der Waals surface area (Å²) in [5.41, 5.74) is 2.58. The van der Waals surface area contributed by atoms with E-state index >= 15 is 0 Å². The molecular weight excluding hydrogens is 348 g/mol. The Balaban J connectivity index is 1.83. The molecule has 134 valence electrons. The zero-order valence-electron chi connectivity index (χ0n) is 14.5. The number of benzene rings is 2. The van der Waals surface area contributed by atoms with Crippen LogP contribution >= 0.6 is 11.6 Å². The van der Waals surface area contributed by atoms with Crippen LogP contribution in [-0.2, 0) is 9.59 Å². The van der Waals surface area contributed by atoms with Gasteiger partial charge in [0, 0.05) is 22.2 Å². The Hall–Kier alpha value is -2.33. The van der Waals surface area contributed by atoms with Crippen LogP contribution in [0, 0.1) is 5.92 Å². The highest BCUT2D eigenvalue weighted by Crippen LogP contribution is 2.39. The van der Waals surface area contributed by atoms with Crippen molar-refractivity contribution in [2.24, 2.45) is 5.92 Å². The number of nitrogens with one attached hydrogen (secondary N) is 1. The Bertz CT molecular complexity index is 831. The summed E-state index contributed by atoms with van der Waals surface area (Å²) in [4.78, 5) is 27.5. The number of carbonyl (C=O) groups excluding carboxylic acids is 2. The number of nitrogens with zero attached hydrogens (tertiary/aromatic N) is 1. The molecule has 0 radical (unpaired) electrons. The number of halogens is 1. The Kier molecular flexibility index (Phi) is 4.68. The van der Waals surface area contributed by atoms with Crippen LogP contribution in [-0.4, -0.2) is 23.3 Å². The summed E-state index contributed by atoms with van der Waals surface area (Å²) in [5, 5.41) is 3.48. The molecule has 0 saturated heterocycles. The van der Waals surface area contributed by atoms with Gasteiger partial charge in [0.1, 0.15) is 6.54 Å². The lowest BCUT2D eigenvalue weighted by Crippen LogP contribution is -2.41. The van der Waals surface area contributed by atoms with Crippen molar-refractivity contribution < 1.29 is 9.59 Å². The highest BCUT2D eigenvalue weighted by molar-refractivity contribution is 6.31. The Morgan fingerprint density at radius 2 is 1.81 bits per heavy atom. The van der Waals surface area contributed by atoms with Gasteiger partial charge in [0.15, 0.2) is 0 Å². The fourth-order valence-electron chi connectivity index (χ4n) is 4.09. The van der Waals surface area contributed by atoms with E-state index in [-0.39, 0.29) is 30.3 Å². The SMILES string of the molecule is O=C1CN(C(=O)C2CCCC2)C(c2ccccc2)c2ccc(Cl)cc2N1. The molecule has 1 N–H and O–H groups in total.